The van der Waals surface area contributed by atoms with Gasteiger partial charge in [-0.3, -0.25) is 4.79 Å². The Balaban J connectivity index is 1.34. The van der Waals surface area contributed by atoms with E-state index in [0.717, 1.165) is 49.1 Å². The molecule has 3 heterocycles. The van der Waals surface area contributed by atoms with Crippen molar-refractivity contribution in [2.24, 2.45) is 5.41 Å². The van der Waals surface area contributed by atoms with Gasteiger partial charge >= 0.3 is 0 Å². The summed E-state index contributed by atoms with van der Waals surface area (Å²) in [5, 5.41) is 12.2. The summed E-state index contributed by atoms with van der Waals surface area (Å²) in [6.07, 6.45) is 6.82. The van der Waals surface area contributed by atoms with E-state index in [2.05, 4.69) is 30.9 Å². The first-order chi connectivity index (χ1) is 16.7. The molecule has 5 rings (SSSR count). The standard InChI is InChI=1S/C25H33N5O3S/c31-13-16-34-28-20-1-2-21(22(17-20)29-9-6-25(4-5-25)7-10-29)24(32)27-19-3-8-26-23(18-19)30-11-14-33-15-12-30/h1-3,8,17-18,28,31H,4-7,9-16H2,(H,26,27,32). The lowest BCUT2D eigenvalue weighted by Gasteiger charge is -2.35. The minimum atomic E-state index is -0.115. The fourth-order valence-electron chi connectivity index (χ4n) is 4.79. The molecule has 2 aliphatic heterocycles. The molecule has 0 unspecified atom stereocenters. The zero-order chi connectivity index (χ0) is 23.4. The minimum absolute atomic E-state index is 0.115. The lowest BCUT2D eigenvalue weighted by atomic mass is 9.93. The second kappa shape index (κ2) is 10.4. The SMILES string of the molecule is O=C(Nc1ccnc(N2CCOCC2)c1)c1ccc(NSCCO)cc1N1CCC2(CC1)CC2. The Labute approximate surface area is 205 Å². The van der Waals surface area contributed by atoms with E-state index < -0.39 is 0 Å². The number of aromatic nitrogens is 1. The number of aliphatic hydroxyl groups is 1. The molecule has 1 aromatic carbocycles. The Morgan fingerprint density at radius 2 is 1.82 bits per heavy atom. The van der Waals surface area contributed by atoms with Crippen LogP contribution in [0.2, 0.25) is 0 Å². The number of hydrogen-bond acceptors (Lipinski definition) is 8. The number of anilines is 4. The van der Waals surface area contributed by atoms with Crippen LogP contribution in [0.15, 0.2) is 36.5 Å². The number of rotatable bonds is 8. The van der Waals surface area contributed by atoms with E-state index in [-0.39, 0.29) is 12.5 Å². The molecule has 3 aliphatic rings. The molecule has 2 aromatic rings. The number of amides is 1. The average molecular weight is 484 g/mol. The van der Waals surface area contributed by atoms with Crippen LogP contribution in [0.1, 0.15) is 36.0 Å². The molecule has 0 radical (unpaired) electrons. The molecule has 1 spiro atoms. The van der Waals surface area contributed by atoms with Crippen molar-refractivity contribution in [3.05, 3.63) is 42.1 Å². The third-order valence-corrected chi connectivity index (χ3v) is 7.85. The van der Waals surface area contributed by atoms with Crippen LogP contribution in [0.25, 0.3) is 0 Å². The summed E-state index contributed by atoms with van der Waals surface area (Å²) in [6.45, 7) is 5.05. The van der Waals surface area contributed by atoms with Gasteiger partial charge in [-0.1, -0.05) is 11.9 Å². The summed E-state index contributed by atoms with van der Waals surface area (Å²) in [6, 6.07) is 9.66. The molecular weight excluding hydrogens is 450 g/mol. The molecule has 34 heavy (non-hydrogen) atoms. The Morgan fingerprint density at radius 3 is 2.56 bits per heavy atom. The lowest BCUT2D eigenvalue weighted by Crippen LogP contribution is -2.36. The topological polar surface area (TPSA) is 90.0 Å². The Morgan fingerprint density at radius 1 is 1.03 bits per heavy atom. The fraction of sp³-hybridized carbons (Fsp3) is 0.520. The van der Waals surface area contributed by atoms with Crippen LogP contribution in [-0.2, 0) is 4.74 Å². The van der Waals surface area contributed by atoms with E-state index >= 15 is 0 Å². The van der Waals surface area contributed by atoms with Crippen LogP contribution in [0.5, 0.6) is 0 Å². The first-order valence-corrected chi connectivity index (χ1v) is 13.1. The zero-order valence-electron chi connectivity index (χ0n) is 19.5. The maximum atomic E-state index is 13.4. The third-order valence-electron chi connectivity index (χ3n) is 7.09. The summed E-state index contributed by atoms with van der Waals surface area (Å²) in [5.74, 6) is 1.35. The Hall–Kier alpha value is -2.49. The van der Waals surface area contributed by atoms with E-state index in [9.17, 15) is 4.79 Å². The summed E-state index contributed by atoms with van der Waals surface area (Å²) < 4.78 is 8.73. The zero-order valence-corrected chi connectivity index (χ0v) is 20.3. The highest BCUT2D eigenvalue weighted by Crippen LogP contribution is 2.54. The van der Waals surface area contributed by atoms with Gasteiger partial charge in [0.05, 0.1) is 31.1 Å². The van der Waals surface area contributed by atoms with E-state index in [1.807, 2.05) is 24.3 Å². The molecule has 2 saturated heterocycles. The van der Waals surface area contributed by atoms with Crippen LogP contribution in [0.4, 0.5) is 22.9 Å². The molecule has 1 aliphatic carbocycles. The molecule has 182 valence electrons. The van der Waals surface area contributed by atoms with E-state index in [0.29, 0.717) is 29.9 Å². The number of piperidine rings is 1. The predicted octanol–water partition coefficient (Wildman–Crippen LogP) is 3.60. The smallest absolute Gasteiger partial charge is 0.257 e. The normalized spacial score (nSPS) is 19.2. The van der Waals surface area contributed by atoms with Crippen LogP contribution in [0.3, 0.4) is 0 Å². The highest BCUT2D eigenvalue weighted by atomic mass is 32.2. The van der Waals surface area contributed by atoms with E-state index in [1.54, 1.807) is 6.20 Å². The number of carbonyl (C=O) groups is 1. The van der Waals surface area contributed by atoms with Crippen LogP contribution in [-0.4, -0.2) is 67.8 Å². The van der Waals surface area contributed by atoms with Crippen molar-refractivity contribution in [3.8, 4) is 0 Å². The Bertz CT molecular complexity index is 1000. The quantitative estimate of drug-likeness (QED) is 0.388. The first kappa shape index (κ1) is 23.3. The lowest BCUT2D eigenvalue weighted by molar-refractivity contribution is 0.102. The number of aliphatic hydroxyl groups excluding tert-OH is 1. The van der Waals surface area contributed by atoms with Crippen molar-refractivity contribution in [2.75, 3.05) is 71.6 Å². The number of ether oxygens (including phenoxy) is 1. The minimum Gasteiger partial charge on any atom is -0.395 e. The van der Waals surface area contributed by atoms with Crippen LogP contribution < -0.4 is 19.8 Å². The highest BCUT2D eigenvalue weighted by molar-refractivity contribution is 8.00. The molecule has 3 fully saturated rings. The van der Waals surface area contributed by atoms with Crippen molar-refractivity contribution >= 4 is 40.7 Å². The number of hydrogen-bond donors (Lipinski definition) is 3. The predicted molar refractivity (Wildman–Crippen MR) is 138 cm³/mol. The largest absolute Gasteiger partial charge is 0.395 e. The molecular formula is C25H33N5O3S. The number of nitrogens with one attached hydrogen (secondary N) is 2. The van der Waals surface area contributed by atoms with Crippen molar-refractivity contribution < 1.29 is 14.6 Å². The van der Waals surface area contributed by atoms with Gasteiger partial charge < -0.3 is 29.7 Å². The molecule has 1 saturated carbocycles. The van der Waals surface area contributed by atoms with Crippen molar-refractivity contribution in [1.82, 2.24) is 4.98 Å². The summed E-state index contributed by atoms with van der Waals surface area (Å²) >= 11 is 1.46. The van der Waals surface area contributed by atoms with Crippen LogP contribution in [0, 0.1) is 5.41 Å². The summed E-state index contributed by atoms with van der Waals surface area (Å²) in [7, 11) is 0. The molecule has 1 aromatic heterocycles. The number of morpholine rings is 1. The van der Waals surface area contributed by atoms with Crippen LogP contribution >= 0.6 is 11.9 Å². The number of nitrogens with zero attached hydrogens (tertiary/aromatic N) is 3. The van der Waals surface area contributed by atoms with Gasteiger partial charge in [-0.25, -0.2) is 4.98 Å². The molecule has 0 bridgehead atoms. The maximum absolute atomic E-state index is 13.4. The Kier molecular flexibility index (Phi) is 7.12. The van der Waals surface area contributed by atoms with Gasteiger partial charge in [-0.2, -0.15) is 0 Å². The van der Waals surface area contributed by atoms with Crippen molar-refractivity contribution in [3.63, 3.8) is 0 Å². The molecule has 1 amide bonds. The first-order valence-electron chi connectivity index (χ1n) is 12.1. The van der Waals surface area contributed by atoms with Crippen molar-refractivity contribution in [1.29, 1.82) is 0 Å². The second-order valence-corrected chi connectivity index (χ2v) is 10.3. The fourth-order valence-corrected chi connectivity index (χ4v) is 5.27. The molecule has 9 heteroatoms. The van der Waals surface area contributed by atoms with Crippen molar-refractivity contribution in [2.45, 2.75) is 25.7 Å². The second-order valence-electron chi connectivity index (χ2n) is 9.35. The summed E-state index contributed by atoms with van der Waals surface area (Å²) in [4.78, 5) is 22.4. The molecule has 0 atom stereocenters. The number of pyridine rings is 1. The number of benzene rings is 1. The van der Waals surface area contributed by atoms with Gasteiger partial charge in [-0.05, 0) is 55.4 Å². The molecule has 3 N–H and O–H groups in total. The van der Waals surface area contributed by atoms with Gasteiger partial charge in [0.1, 0.15) is 5.82 Å². The van der Waals surface area contributed by atoms with E-state index in [1.165, 1.54) is 37.6 Å². The van der Waals surface area contributed by atoms with Gasteiger partial charge in [-0.15, -0.1) is 0 Å². The highest BCUT2D eigenvalue weighted by Gasteiger charge is 2.44. The summed E-state index contributed by atoms with van der Waals surface area (Å²) in [5.41, 5.74) is 3.89. The monoisotopic (exact) mass is 483 g/mol. The maximum Gasteiger partial charge on any atom is 0.257 e. The van der Waals surface area contributed by atoms with Gasteiger partial charge in [0.2, 0.25) is 0 Å². The van der Waals surface area contributed by atoms with E-state index in [4.69, 9.17) is 9.84 Å². The average Bonchev–Trinajstić information content (AvgIpc) is 3.64. The molecule has 8 nitrogen and oxygen atoms in total. The van der Waals surface area contributed by atoms with Gasteiger partial charge in [0.25, 0.3) is 5.91 Å². The van der Waals surface area contributed by atoms with Gasteiger partial charge in [0.15, 0.2) is 0 Å². The van der Waals surface area contributed by atoms with Gasteiger partial charge in [0, 0.05) is 55.6 Å². The third kappa shape index (κ3) is 5.42. The number of carbonyl (C=O) groups excluding carboxylic acids is 1.